The Bertz CT molecular complexity index is 466. The van der Waals surface area contributed by atoms with E-state index in [1.54, 1.807) is 6.20 Å². The van der Waals surface area contributed by atoms with Crippen LogP contribution in [0.4, 0.5) is 5.82 Å². The van der Waals surface area contributed by atoms with E-state index in [4.69, 9.17) is 5.73 Å². The van der Waals surface area contributed by atoms with Crippen LogP contribution in [0.2, 0.25) is 0 Å². The van der Waals surface area contributed by atoms with Gasteiger partial charge in [0.05, 0.1) is 0 Å². The molecule has 1 aromatic carbocycles. The van der Waals surface area contributed by atoms with Crippen LogP contribution in [0.3, 0.4) is 0 Å². The first-order valence-corrected chi connectivity index (χ1v) is 6.27. The maximum Gasteiger partial charge on any atom is 0.126 e. The number of halogens is 1. The van der Waals surface area contributed by atoms with Gasteiger partial charge in [-0.05, 0) is 64.8 Å². The van der Waals surface area contributed by atoms with Crippen LogP contribution in [0.15, 0.2) is 42.6 Å². The molecule has 0 aliphatic carbocycles. The molecular formula is C13H13IN2. The topological polar surface area (TPSA) is 38.9 Å². The molecule has 0 saturated heterocycles. The molecule has 0 unspecified atom stereocenters. The molecule has 0 spiro atoms. The van der Waals surface area contributed by atoms with Crippen LogP contribution in [0, 0.1) is 3.57 Å². The predicted molar refractivity (Wildman–Crippen MR) is 75.2 cm³/mol. The van der Waals surface area contributed by atoms with Crippen molar-refractivity contribution in [1.82, 2.24) is 4.98 Å². The third-order valence-corrected chi connectivity index (χ3v) is 3.24. The van der Waals surface area contributed by atoms with Gasteiger partial charge in [0.15, 0.2) is 0 Å². The lowest BCUT2D eigenvalue weighted by atomic mass is 10.1. The van der Waals surface area contributed by atoms with Crippen LogP contribution in [-0.2, 0) is 12.8 Å². The Labute approximate surface area is 109 Å². The molecular weight excluding hydrogens is 311 g/mol. The Morgan fingerprint density at radius 1 is 1.06 bits per heavy atom. The zero-order valence-corrected chi connectivity index (χ0v) is 11.0. The van der Waals surface area contributed by atoms with Crippen molar-refractivity contribution in [3.8, 4) is 0 Å². The highest BCUT2D eigenvalue weighted by Crippen LogP contribution is 2.13. The number of anilines is 1. The van der Waals surface area contributed by atoms with E-state index in [9.17, 15) is 0 Å². The van der Waals surface area contributed by atoms with Gasteiger partial charge >= 0.3 is 0 Å². The molecule has 2 rings (SSSR count). The van der Waals surface area contributed by atoms with Gasteiger partial charge in [-0.1, -0.05) is 18.2 Å². The van der Waals surface area contributed by atoms with Crippen molar-refractivity contribution in [3.05, 3.63) is 57.3 Å². The van der Waals surface area contributed by atoms with Crippen LogP contribution in [0.5, 0.6) is 0 Å². The highest BCUT2D eigenvalue weighted by molar-refractivity contribution is 14.1. The molecule has 0 aliphatic rings. The SMILES string of the molecule is Nc1ncccc1CCc1ccc(I)cc1. The van der Waals surface area contributed by atoms with Gasteiger partial charge in [-0.25, -0.2) is 4.98 Å². The molecule has 16 heavy (non-hydrogen) atoms. The third kappa shape index (κ3) is 2.95. The highest BCUT2D eigenvalue weighted by atomic mass is 127. The molecule has 0 amide bonds. The summed E-state index contributed by atoms with van der Waals surface area (Å²) in [7, 11) is 0. The van der Waals surface area contributed by atoms with E-state index in [-0.39, 0.29) is 0 Å². The van der Waals surface area contributed by atoms with Crippen molar-refractivity contribution in [2.24, 2.45) is 0 Å². The quantitative estimate of drug-likeness (QED) is 0.882. The minimum absolute atomic E-state index is 0.646. The number of aryl methyl sites for hydroxylation is 2. The number of benzene rings is 1. The maximum atomic E-state index is 5.80. The number of hydrogen-bond donors (Lipinski definition) is 1. The second-order valence-electron chi connectivity index (χ2n) is 3.67. The second kappa shape index (κ2) is 5.30. The second-order valence-corrected chi connectivity index (χ2v) is 4.92. The van der Waals surface area contributed by atoms with Crippen molar-refractivity contribution >= 4 is 28.4 Å². The fourth-order valence-electron chi connectivity index (χ4n) is 1.59. The van der Waals surface area contributed by atoms with Crippen molar-refractivity contribution in [2.45, 2.75) is 12.8 Å². The average Bonchev–Trinajstić information content (AvgIpc) is 2.30. The number of pyridine rings is 1. The van der Waals surface area contributed by atoms with Crippen LogP contribution < -0.4 is 5.73 Å². The summed E-state index contributed by atoms with van der Waals surface area (Å²) < 4.78 is 1.27. The number of hydrogen-bond acceptors (Lipinski definition) is 2. The van der Waals surface area contributed by atoms with E-state index in [2.05, 4.69) is 51.8 Å². The summed E-state index contributed by atoms with van der Waals surface area (Å²) in [6.07, 6.45) is 3.68. The molecule has 0 aliphatic heterocycles. The van der Waals surface area contributed by atoms with Crippen molar-refractivity contribution < 1.29 is 0 Å². The minimum Gasteiger partial charge on any atom is -0.383 e. The Hall–Kier alpha value is -1.10. The highest BCUT2D eigenvalue weighted by Gasteiger charge is 2.00. The van der Waals surface area contributed by atoms with Gasteiger partial charge in [0.1, 0.15) is 5.82 Å². The van der Waals surface area contributed by atoms with Crippen LogP contribution in [0.25, 0.3) is 0 Å². The summed E-state index contributed by atoms with van der Waals surface area (Å²) >= 11 is 2.31. The molecule has 0 fully saturated rings. The van der Waals surface area contributed by atoms with E-state index in [1.807, 2.05) is 12.1 Å². The lowest BCUT2D eigenvalue weighted by molar-refractivity contribution is 0.954. The summed E-state index contributed by atoms with van der Waals surface area (Å²) in [6.45, 7) is 0. The summed E-state index contributed by atoms with van der Waals surface area (Å²) in [5, 5.41) is 0. The zero-order chi connectivity index (χ0) is 11.4. The molecule has 2 N–H and O–H groups in total. The standard InChI is InChI=1S/C13H13IN2/c14-12-7-4-10(5-8-12)3-6-11-2-1-9-16-13(11)15/h1-2,4-5,7-9H,3,6H2,(H2,15,16). The van der Waals surface area contributed by atoms with E-state index in [0.717, 1.165) is 18.4 Å². The summed E-state index contributed by atoms with van der Waals surface area (Å²) in [6, 6.07) is 12.5. The first-order chi connectivity index (χ1) is 7.75. The van der Waals surface area contributed by atoms with E-state index in [1.165, 1.54) is 9.13 Å². The Morgan fingerprint density at radius 2 is 1.81 bits per heavy atom. The lowest BCUT2D eigenvalue weighted by Crippen LogP contribution is -1.99. The van der Waals surface area contributed by atoms with Gasteiger partial charge in [-0.15, -0.1) is 0 Å². The van der Waals surface area contributed by atoms with E-state index >= 15 is 0 Å². The minimum atomic E-state index is 0.646. The van der Waals surface area contributed by atoms with Crippen molar-refractivity contribution in [2.75, 3.05) is 5.73 Å². The van der Waals surface area contributed by atoms with Crippen LogP contribution >= 0.6 is 22.6 Å². The fraction of sp³-hybridized carbons (Fsp3) is 0.154. The van der Waals surface area contributed by atoms with Gasteiger partial charge in [0.2, 0.25) is 0 Å². The van der Waals surface area contributed by atoms with E-state index < -0.39 is 0 Å². The predicted octanol–water partition coefficient (Wildman–Crippen LogP) is 3.05. The summed E-state index contributed by atoms with van der Waals surface area (Å²) in [4.78, 5) is 4.08. The van der Waals surface area contributed by atoms with Gasteiger partial charge in [0.25, 0.3) is 0 Å². The Kier molecular flexibility index (Phi) is 3.77. The number of nitrogens with zero attached hydrogens (tertiary/aromatic N) is 1. The molecule has 1 heterocycles. The first kappa shape index (κ1) is 11.4. The van der Waals surface area contributed by atoms with Gasteiger partial charge in [-0.3, -0.25) is 0 Å². The molecule has 0 saturated carbocycles. The number of aromatic nitrogens is 1. The maximum absolute atomic E-state index is 5.80. The molecule has 3 heteroatoms. The van der Waals surface area contributed by atoms with Crippen molar-refractivity contribution in [3.63, 3.8) is 0 Å². The molecule has 2 nitrogen and oxygen atoms in total. The average molecular weight is 324 g/mol. The van der Waals surface area contributed by atoms with Crippen molar-refractivity contribution in [1.29, 1.82) is 0 Å². The van der Waals surface area contributed by atoms with Gasteiger partial charge in [-0.2, -0.15) is 0 Å². The summed E-state index contributed by atoms with van der Waals surface area (Å²) in [5.74, 6) is 0.646. The first-order valence-electron chi connectivity index (χ1n) is 5.19. The number of rotatable bonds is 3. The van der Waals surface area contributed by atoms with Crippen LogP contribution in [-0.4, -0.2) is 4.98 Å². The molecule has 0 atom stereocenters. The number of nitrogens with two attached hydrogens (primary N) is 1. The van der Waals surface area contributed by atoms with Crippen LogP contribution in [0.1, 0.15) is 11.1 Å². The van der Waals surface area contributed by atoms with Gasteiger partial charge < -0.3 is 5.73 Å². The summed E-state index contributed by atoms with van der Waals surface area (Å²) in [5.41, 5.74) is 8.26. The lowest BCUT2D eigenvalue weighted by Gasteiger charge is -2.04. The monoisotopic (exact) mass is 324 g/mol. The molecule has 1 aromatic heterocycles. The van der Waals surface area contributed by atoms with E-state index in [0.29, 0.717) is 5.82 Å². The molecule has 0 radical (unpaired) electrons. The Morgan fingerprint density at radius 3 is 2.50 bits per heavy atom. The molecule has 82 valence electrons. The molecule has 2 aromatic rings. The Balaban J connectivity index is 2.02. The third-order valence-electron chi connectivity index (χ3n) is 2.52. The smallest absolute Gasteiger partial charge is 0.126 e. The fourth-order valence-corrected chi connectivity index (χ4v) is 1.95. The number of nitrogen functional groups attached to an aromatic ring is 1. The molecule has 0 bridgehead atoms. The largest absolute Gasteiger partial charge is 0.383 e. The normalized spacial score (nSPS) is 10.3. The zero-order valence-electron chi connectivity index (χ0n) is 8.86. The van der Waals surface area contributed by atoms with Gasteiger partial charge in [0, 0.05) is 9.77 Å².